The summed E-state index contributed by atoms with van der Waals surface area (Å²) in [4.78, 5) is 0.921. The summed E-state index contributed by atoms with van der Waals surface area (Å²) in [6, 6.07) is 11.1. The van der Waals surface area contributed by atoms with Crippen molar-refractivity contribution in [3.63, 3.8) is 0 Å². The molecule has 0 spiro atoms. The van der Waals surface area contributed by atoms with Gasteiger partial charge in [0.1, 0.15) is 4.90 Å². The molecule has 2 rings (SSSR count). The molecule has 0 aromatic heterocycles. The molecule has 0 fully saturated rings. The van der Waals surface area contributed by atoms with Crippen LogP contribution in [0.4, 0.5) is 18.9 Å². The topological polar surface area (TPSA) is 154 Å². The molecule has 0 radical (unpaired) electrons. The van der Waals surface area contributed by atoms with Crippen molar-refractivity contribution < 1.29 is 48.1 Å². The molecule has 0 aliphatic rings. The summed E-state index contributed by atoms with van der Waals surface area (Å²) in [7, 11) is -14.3. The molecule has 48 heavy (non-hydrogen) atoms. The molecule has 0 saturated heterocycles. The Kier molecular flexibility index (Phi) is 15.1. The second-order valence-corrected chi connectivity index (χ2v) is 19.0. The minimum absolute atomic E-state index is 0.0396. The second kappa shape index (κ2) is 17.0. The highest BCUT2D eigenvalue weighted by Crippen LogP contribution is 2.55. The number of sulfone groups is 1. The van der Waals surface area contributed by atoms with Gasteiger partial charge in [0, 0.05) is 23.2 Å². The Hall–Kier alpha value is -1.69. The van der Waals surface area contributed by atoms with E-state index < -0.39 is 65.9 Å². The van der Waals surface area contributed by atoms with E-state index in [4.69, 9.17) is 18.7 Å². The van der Waals surface area contributed by atoms with Crippen molar-refractivity contribution in [3.05, 3.63) is 48.5 Å². The maximum absolute atomic E-state index is 13.7. The molecule has 1 atom stereocenters. The Balaban J connectivity index is 2.24. The smallest absolute Gasteiger partial charge is 0.380 e. The SMILES string of the molecule is CCN(CCC[C@H](CSc1ccccc1)Nc1ccc(S(N)(=O)=O)cc1S(=O)(=O)C(F)(F)F)CCOP(=O)(OC(C)(C)C)OC(C)(C)C. The van der Waals surface area contributed by atoms with Crippen molar-refractivity contribution in [2.75, 3.05) is 37.3 Å². The van der Waals surface area contributed by atoms with Gasteiger partial charge in [-0.3, -0.25) is 13.6 Å². The number of halogens is 3. The number of phosphoric acid groups is 1. The van der Waals surface area contributed by atoms with Gasteiger partial charge < -0.3 is 10.2 Å². The van der Waals surface area contributed by atoms with Crippen LogP contribution >= 0.6 is 19.6 Å². The van der Waals surface area contributed by atoms with E-state index in [2.05, 4.69) is 5.32 Å². The van der Waals surface area contributed by atoms with E-state index in [1.165, 1.54) is 11.8 Å². The molecule has 3 N–H and O–H groups in total. The minimum Gasteiger partial charge on any atom is -0.380 e. The Morgan fingerprint density at radius 2 is 1.52 bits per heavy atom. The first-order chi connectivity index (χ1) is 21.9. The Bertz CT molecular complexity index is 1580. The molecule has 18 heteroatoms. The van der Waals surface area contributed by atoms with E-state index in [-0.39, 0.29) is 6.61 Å². The molecule has 11 nitrogen and oxygen atoms in total. The van der Waals surface area contributed by atoms with Gasteiger partial charge in [-0.15, -0.1) is 11.8 Å². The number of anilines is 1. The molecule has 0 amide bonds. The van der Waals surface area contributed by atoms with Gasteiger partial charge in [0.25, 0.3) is 9.84 Å². The Morgan fingerprint density at radius 1 is 0.938 bits per heavy atom. The van der Waals surface area contributed by atoms with Crippen LogP contribution in [0.3, 0.4) is 0 Å². The number of nitrogens with one attached hydrogen (secondary N) is 1. The highest BCUT2D eigenvalue weighted by Gasteiger charge is 2.48. The van der Waals surface area contributed by atoms with Gasteiger partial charge in [-0.2, -0.15) is 13.2 Å². The van der Waals surface area contributed by atoms with Crippen molar-refractivity contribution in [1.29, 1.82) is 0 Å². The average molecular weight is 762 g/mol. The van der Waals surface area contributed by atoms with Gasteiger partial charge in [-0.05, 0) is 97.8 Å². The van der Waals surface area contributed by atoms with Crippen LogP contribution in [-0.2, 0) is 38.0 Å². The number of alkyl halides is 3. The summed E-state index contributed by atoms with van der Waals surface area (Å²) < 4.78 is 120. The van der Waals surface area contributed by atoms with E-state index in [1.807, 2.05) is 42.2 Å². The molecule has 0 aliphatic heterocycles. The minimum atomic E-state index is -5.94. The van der Waals surface area contributed by atoms with Gasteiger partial charge >= 0.3 is 13.3 Å². The number of rotatable bonds is 18. The van der Waals surface area contributed by atoms with Crippen molar-refractivity contribution in [2.24, 2.45) is 5.14 Å². The zero-order chi connectivity index (χ0) is 36.6. The third-order valence-electron chi connectivity index (χ3n) is 6.33. The van der Waals surface area contributed by atoms with Crippen LogP contribution in [-0.4, -0.2) is 76.5 Å². The van der Waals surface area contributed by atoms with Crippen molar-refractivity contribution in [3.8, 4) is 0 Å². The van der Waals surface area contributed by atoms with Crippen LogP contribution in [0.5, 0.6) is 0 Å². The summed E-state index contributed by atoms with van der Waals surface area (Å²) in [6.45, 7) is 13.9. The highest BCUT2D eigenvalue weighted by molar-refractivity contribution is 7.99. The van der Waals surface area contributed by atoms with Crippen LogP contribution in [0.15, 0.2) is 63.2 Å². The molecule has 0 unspecified atom stereocenters. The standard InChI is InChI=1S/C30H47F3N3O8PS3/c1-8-36(19-20-42-45(37,43-28(2,3)4)44-29(5,6)7)18-12-13-23(22-46-24-14-10-9-11-15-24)35-26-17-16-25(48(34,40)41)21-27(26)47(38,39)30(31,32)33/h9-11,14-17,21,23,35H,8,12-13,18-20,22H2,1-7H3,(H2,34,40,41)/t23-/m1/s1. The third kappa shape index (κ3) is 14.3. The number of phosphoric ester groups is 1. The van der Waals surface area contributed by atoms with Gasteiger partial charge in [0.15, 0.2) is 0 Å². The Morgan fingerprint density at radius 3 is 2.02 bits per heavy atom. The fourth-order valence-electron chi connectivity index (χ4n) is 4.29. The van der Waals surface area contributed by atoms with E-state index in [9.17, 15) is 34.6 Å². The first kappa shape index (κ1) is 42.5. The van der Waals surface area contributed by atoms with Crippen LogP contribution in [0.2, 0.25) is 0 Å². The number of likely N-dealkylation sites (N-methyl/N-ethyl adjacent to an activating group) is 1. The average Bonchev–Trinajstić information content (AvgIpc) is 2.92. The first-order valence-corrected chi connectivity index (χ1v) is 20.6. The lowest BCUT2D eigenvalue weighted by molar-refractivity contribution is -0.0436. The normalized spacial score (nSPS) is 14.3. The van der Waals surface area contributed by atoms with E-state index in [0.29, 0.717) is 44.3 Å². The number of benzene rings is 2. The highest BCUT2D eigenvalue weighted by atomic mass is 32.2. The monoisotopic (exact) mass is 761 g/mol. The van der Waals surface area contributed by atoms with E-state index >= 15 is 0 Å². The molecular formula is C30H47F3N3O8PS3. The zero-order valence-corrected chi connectivity index (χ0v) is 31.6. The van der Waals surface area contributed by atoms with Crippen molar-refractivity contribution in [2.45, 2.75) is 98.7 Å². The van der Waals surface area contributed by atoms with E-state index in [1.54, 1.807) is 41.5 Å². The predicted molar refractivity (Wildman–Crippen MR) is 182 cm³/mol. The number of thioether (sulfide) groups is 1. The lowest BCUT2D eigenvalue weighted by atomic mass is 10.1. The van der Waals surface area contributed by atoms with Crippen molar-refractivity contribution in [1.82, 2.24) is 4.90 Å². The van der Waals surface area contributed by atoms with Crippen LogP contribution in [0.25, 0.3) is 0 Å². The number of nitrogens with zero attached hydrogens (tertiary/aromatic N) is 1. The predicted octanol–water partition coefficient (Wildman–Crippen LogP) is 7.06. The largest absolute Gasteiger partial charge is 0.501 e. The van der Waals surface area contributed by atoms with E-state index in [0.717, 1.165) is 17.0 Å². The van der Waals surface area contributed by atoms with Crippen molar-refractivity contribution >= 4 is 45.1 Å². The summed E-state index contributed by atoms with van der Waals surface area (Å²) >= 11 is 1.42. The molecule has 0 bridgehead atoms. The maximum atomic E-state index is 13.7. The van der Waals surface area contributed by atoms with Crippen LogP contribution in [0.1, 0.15) is 61.3 Å². The lowest BCUT2D eigenvalue weighted by Gasteiger charge is -2.31. The summed E-state index contributed by atoms with van der Waals surface area (Å²) in [5.41, 5.74) is -7.66. The van der Waals surface area contributed by atoms with Gasteiger partial charge in [-0.1, -0.05) is 25.1 Å². The number of sulfonamides is 1. The lowest BCUT2D eigenvalue weighted by Crippen LogP contribution is -2.31. The maximum Gasteiger partial charge on any atom is 0.501 e. The third-order valence-corrected chi connectivity index (χ3v) is 12.0. The molecule has 0 aliphatic carbocycles. The number of hydrogen-bond acceptors (Lipinski definition) is 11. The summed E-state index contributed by atoms with van der Waals surface area (Å²) in [5.74, 6) is 0.346. The number of hydrogen-bond donors (Lipinski definition) is 2. The molecule has 0 saturated carbocycles. The number of nitrogens with two attached hydrogens (primary N) is 1. The number of primary sulfonamides is 1. The van der Waals surface area contributed by atoms with Crippen LogP contribution < -0.4 is 10.5 Å². The van der Waals surface area contributed by atoms with Gasteiger partial charge in [-0.25, -0.2) is 26.5 Å². The van der Waals surface area contributed by atoms with Gasteiger partial charge in [0.05, 0.1) is 28.4 Å². The zero-order valence-electron chi connectivity index (χ0n) is 28.2. The second-order valence-electron chi connectivity index (χ2n) is 12.9. The molecule has 0 heterocycles. The first-order valence-electron chi connectivity index (χ1n) is 15.2. The fraction of sp³-hybridized carbons (Fsp3) is 0.600. The molecular weight excluding hydrogens is 715 g/mol. The molecule has 274 valence electrons. The van der Waals surface area contributed by atoms with Crippen LogP contribution in [0, 0.1) is 0 Å². The molecule has 2 aromatic carbocycles. The summed E-state index contributed by atoms with van der Waals surface area (Å²) in [6.07, 6.45) is 0.935. The fourth-order valence-corrected chi connectivity index (χ4v) is 8.63. The Labute approximate surface area is 287 Å². The quantitative estimate of drug-likeness (QED) is 0.119. The molecule has 2 aromatic rings. The van der Waals surface area contributed by atoms with Gasteiger partial charge in [0.2, 0.25) is 10.0 Å². The summed E-state index contributed by atoms with van der Waals surface area (Å²) in [5, 5.41) is 8.01.